The summed E-state index contributed by atoms with van der Waals surface area (Å²) in [5, 5.41) is 0. The maximum Gasteiger partial charge on any atom is 0.341 e. The van der Waals surface area contributed by atoms with Gasteiger partial charge in [-0.25, -0.2) is 13.6 Å². The van der Waals surface area contributed by atoms with Gasteiger partial charge in [-0.3, -0.25) is 0 Å². The van der Waals surface area contributed by atoms with Crippen molar-refractivity contribution in [3.8, 4) is 28.0 Å². The molecule has 35 heavy (non-hydrogen) atoms. The number of rotatable bonds is 7. The fourth-order valence-electron chi connectivity index (χ4n) is 3.64. The van der Waals surface area contributed by atoms with Crippen molar-refractivity contribution in [1.29, 1.82) is 0 Å². The van der Waals surface area contributed by atoms with Gasteiger partial charge in [-0.05, 0) is 47.0 Å². The second kappa shape index (κ2) is 10.8. The third-order valence-corrected chi connectivity index (χ3v) is 5.42. The largest absolute Gasteiger partial charge is 0.500 e. The lowest BCUT2D eigenvalue weighted by atomic mass is 9.99. The van der Waals surface area contributed by atoms with Gasteiger partial charge in [0, 0.05) is 5.56 Å². The first kappa shape index (κ1) is 24.6. The van der Waals surface area contributed by atoms with E-state index in [-0.39, 0.29) is 36.6 Å². The van der Waals surface area contributed by atoms with Crippen molar-refractivity contribution in [2.75, 3.05) is 19.7 Å². The predicted molar refractivity (Wildman–Crippen MR) is 126 cm³/mol. The number of esters is 1. The molecule has 0 saturated carbocycles. The van der Waals surface area contributed by atoms with E-state index in [0.717, 1.165) is 0 Å². The molecule has 0 bridgehead atoms. The van der Waals surface area contributed by atoms with Gasteiger partial charge in [0.05, 0.1) is 25.3 Å². The van der Waals surface area contributed by atoms with Crippen LogP contribution in [0.4, 0.5) is 13.2 Å². The van der Waals surface area contributed by atoms with Crippen LogP contribution in [0.3, 0.4) is 0 Å². The Bertz CT molecular complexity index is 1220. The summed E-state index contributed by atoms with van der Waals surface area (Å²) in [6.45, 7) is 4.01. The monoisotopic (exact) mass is 482 g/mol. The van der Waals surface area contributed by atoms with Crippen LogP contribution in [0.15, 0.2) is 67.3 Å². The van der Waals surface area contributed by atoms with Crippen molar-refractivity contribution >= 4 is 13.8 Å². The minimum absolute atomic E-state index is 0.0804. The summed E-state index contributed by atoms with van der Waals surface area (Å²) in [6.07, 6.45) is 0.270. The second-order valence-electron chi connectivity index (χ2n) is 7.74. The molecule has 0 radical (unpaired) electrons. The van der Waals surface area contributed by atoms with Crippen LogP contribution in [-0.4, -0.2) is 45.9 Å². The quantitative estimate of drug-likeness (QED) is 0.282. The number of carbonyl (C=O) groups is 1. The van der Waals surface area contributed by atoms with Gasteiger partial charge in [-0.2, -0.15) is 4.39 Å². The molecule has 180 valence electrons. The van der Waals surface area contributed by atoms with Crippen molar-refractivity contribution in [3.05, 3.63) is 90.3 Å². The number of ether oxygens (including phenoxy) is 4. The molecule has 0 spiro atoms. The van der Waals surface area contributed by atoms with Gasteiger partial charge in [0.2, 0.25) is 5.82 Å². The first-order valence-corrected chi connectivity index (χ1v) is 11.0. The van der Waals surface area contributed by atoms with E-state index in [0.29, 0.717) is 16.7 Å². The number of hydrogen-bond donors (Lipinski definition) is 0. The topological polar surface area (TPSA) is 54.0 Å². The molecule has 0 aliphatic carbocycles. The normalized spacial score (nSPS) is 17.6. The summed E-state index contributed by atoms with van der Waals surface area (Å²) in [7, 11) is 1.68. The standard InChI is InChI=1S/C26H22BF3O5/c1-2-23-32-12-18(13-33-23)35-26(31)20-8-7-17(11-21(20)28)15-3-5-16(6-4-15)19-9-10-22(34-14-27)25(30)24(19)29/h2-11,18,23H,1,12-14,27H2. The van der Waals surface area contributed by atoms with Gasteiger partial charge in [0.15, 0.2) is 25.7 Å². The van der Waals surface area contributed by atoms with Gasteiger partial charge in [0.25, 0.3) is 0 Å². The highest BCUT2D eigenvalue weighted by atomic mass is 19.2. The first-order valence-electron chi connectivity index (χ1n) is 11.0. The third-order valence-electron chi connectivity index (χ3n) is 5.42. The SMILES string of the molecule is BCOc1ccc(-c2ccc(-c3ccc(C(=O)OC4COC(C=C)OC4)c(F)c3)cc2)c(F)c1F. The molecule has 0 unspecified atom stereocenters. The van der Waals surface area contributed by atoms with Crippen molar-refractivity contribution in [3.63, 3.8) is 0 Å². The Hall–Kier alpha value is -3.56. The lowest BCUT2D eigenvalue weighted by Gasteiger charge is -2.27. The molecule has 0 N–H and O–H groups in total. The van der Waals surface area contributed by atoms with Gasteiger partial charge < -0.3 is 18.9 Å². The van der Waals surface area contributed by atoms with Crippen LogP contribution in [0.1, 0.15) is 10.4 Å². The van der Waals surface area contributed by atoms with Gasteiger partial charge >= 0.3 is 5.97 Å². The van der Waals surface area contributed by atoms with E-state index in [1.807, 2.05) is 0 Å². The Morgan fingerprint density at radius 2 is 1.63 bits per heavy atom. The van der Waals surface area contributed by atoms with Crippen molar-refractivity contribution in [2.24, 2.45) is 0 Å². The smallest absolute Gasteiger partial charge is 0.341 e. The summed E-state index contributed by atoms with van der Waals surface area (Å²) in [6, 6.07) is 13.5. The fraction of sp³-hybridized carbons (Fsp3) is 0.192. The van der Waals surface area contributed by atoms with Gasteiger partial charge in [0.1, 0.15) is 11.9 Å². The molecule has 0 atom stereocenters. The van der Waals surface area contributed by atoms with E-state index < -0.39 is 35.8 Å². The summed E-state index contributed by atoms with van der Waals surface area (Å²) in [5.74, 6) is -3.79. The van der Waals surface area contributed by atoms with E-state index in [4.69, 9.17) is 18.9 Å². The Morgan fingerprint density at radius 1 is 0.971 bits per heavy atom. The molecule has 1 saturated heterocycles. The van der Waals surface area contributed by atoms with Crippen LogP contribution in [0, 0.1) is 17.5 Å². The molecular weight excluding hydrogens is 460 g/mol. The molecule has 5 nitrogen and oxygen atoms in total. The molecule has 0 amide bonds. The number of hydrogen-bond acceptors (Lipinski definition) is 5. The molecule has 3 aromatic carbocycles. The third kappa shape index (κ3) is 5.42. The molecule has 1 aliphatic rings. The average Bonchev–Trinajstić information content (AvgIpc) is 2.87. The zero-order valence-electron chi connectivity index (χ0n) is 18.9. The molecule has 0 aromatic heterocycles. The first-order chi connectivity index (χ1) is 16.9. The highest BCUT2D eigenvalue weighted by molar-refractivity contribution is 6.08. The molecule has 4 rings (SSSR count). The summed E-state index contributed by atoms with van der Waals surface area (Å²) >= 11 is 0. The van der Waals surface area contributed by atoms with E-state index in [9.17, 15) is 18.0 Å². The number of carbonyl (C=O) groups excluding carboxylic acids is 1. The van der Waals surface area contributed by atoms with E-state index in [1.165, 1.54) is 30.3 Å². The van der Waals surface area contributed by atoms with Gasteiger partial charge in [-0.1, -0.05) is 36.9 Å². The van der Waals surface area contributed by atoms with Crippen LogP contribution >= 0.6 is 0 Å². The minimum atomic E-state index is -1.05. The Balaban J connectivity index is 1.47. The molecule has 1 aliphatic heterocycles. The Kier molecular flexibility index (Phi) is 7.58. The number of halogens is 3. The van der Waals surface area contributed by atoms with Crippen LogP contribution in [-0.2, 0) is 14.2 Å². The minimum Gasteiger partial charge on any atom is -0.500 e. The van der Waals surface area contributed by atoms with Crippen molar-refractivity contribution < 1.29 is 36.9 Å². The summed E-state index contributed by atoms with van der Waals surface area (Å²) in [4.78, 5) is 12.4. The van der Waals surface area contributed by atoms with Crippen LogP contribution in [0.5, 0.6) is 5.75 Å². The van der Waals surface area contributed by atoms with E-state index in [2.05, 4.69) is 6.58 Å². The lowest BCUT2D eigenvalue weighted by molar-refractivity contribution is -0.193. The summed E-state index contributed by atoms with van der Waals surface area (Å²) < 4.78 is 64.4. The zero-order chi connectivity index (χ0) is 24.9. The van der Waals surface area contributed by atoms with Gasteiger partial charge in [-0.15, -0.1) is 0 Å². The summed E-state index contributed by atoms with van der Waals surface area (Å²) in [5.41, 5.74) is 1.44. The average molecular weight is 482 g/mol. The van der Waals surface area contributed by atoms with Crippen LogP contribution < -0.4 is 4.74 Å². The molecule has 1 fully saturated rings. The molecule has 3 aromatic rings. The fourth-order valence-corrected chi connectivity index (χ4v) is 3.64. The molecule has 1 heterocycles. The zero-order valence-corrected chi connectivity index (χ0v) is 18.9. The Labute approximate surface area is 201 Å². The van der Waals surface area contributed by atoms with Crippen LogP contribution in [0.25, 0.3) is 22.3 Å². The molecular formula is C26H22BF3O5. The second-order valence-corrected chi connectivity index (χ2v) is 7.74. The highest BCUT2D eigenvalue weighted by Gasteiger charge is 2.25. The maximum atomic E-state index is 14.7. The molecule has 9 heteroatoms. The van der Waals surface area contributed by atoms with E-state index in [1.54, 1.807) is 38.2 Å². The number of benzene rings is 3. The van der Waals surface area contributed by atoms with Crippen LogP contribution in [0.2, 0.25) is 0 Å². The van der Waals surface area contributed by atoms with Crippen molar-refractivity contribution in [1.82, 2.24) is 0 Å². The lowest BCUT2D eigenvalue weighted by Crippen LogP contribution is -2.37. The van der Waals surface area contributed by atoms with E-state index >= 15 is 0 Å². The predicted octanol–water partition coefficient (Wildman–Crippen LogP) is 4.49. The highest BCUT2D eigenvalue weighted by Crippen LogP contribution is 2.31. The van der Waals surface area contributed by atoms with Crippen molar-refractivity contribution in [2.45, 2.75) is 12.4 Å². The Morgan fingerprint density at radius 3 is 2.26 bits per heavy atom. The maximum absolute atomic E-state index is 14.7.